The normalized spacial score (nSPS) is 9.94. The van der Waals surface area contributed by atoms with Crippen LogP contribution in [-0.4, -0.2) is 26.2 Å². The summed E-state index contributed by atoms with van der Waals surface area (Å²) in [6, 6.07) is 5.27. The predicted octanol–water partition coefficient (Wildman–Crippen LogP) is 1.90. The summed E-state index contributed by atoms with van der Waals surface area (Å²) in [7, 11) is 1.90. The number of benzene rings is 1. The van der Waals surface area contributed by atoms with Crippen molar-refractivity contribution in [2.24, 2.45) is 0 Å². The second kappa shape index (κ2) is 5.39. The molecule has 0 bridgehead atoms. The molecule has 1 aromatic carbocycles. The summed E-state index contributed by atoms with van der Waals surface area (Å²) < 4.78 is 5.00. The van der Waals surface area contributed by atoms with Crippen molar-refractivity contribution in [3.05, 3.63) is 23.8 Å². The van der Waals surface area contributed by atoms with E-state index in [0.29, 0.717) is 17.9 Å². The lowest BCUT2D eigenvalue weighted by Crippen LogP contribution is -2.21. The highest BCUT2D eigenvalue weighted by molar-refractivity contribution is 5.99. The monoisotopic (exact) mass is 222 g/mol. The van der Waals surface area contributed by atoms with Crippen LogP contribution in [0.4, 0.5) is 11.4 Å². The van der Waals surface area contributed by atoms with Gasteiger partial charge in [0, 0.05) is 13.6 Å². The zero-order valence-corrected chi connectivity index (χ0v) is 9.99. The second-order valence-electron chi connectivity index (χ2n) is 3.48. The Morgan fingerprint density at radius 3 is 2.69 bits per heavy atom. The highest BCUT2D eigenvalue weighted by Gasteiger charge is 2.16. The molecule has 0 spiro atoms. The van der Waals surface area contributed by atoms with Gasteiger partial charge < -0.3 is 15.4 Å². The van der Waals surface area contributed by atoms with Crippen molar-refractivity contribution in [1.29, 1.82) is 0 Å². The van der Waals surface area contributed by atoms with Gasteiger partial charge in [0.15, 0.2) is 0 Å². The van der Waals surface area contributed by atoms with Crippen LogP contribution < -0.4 is 10.6 Å². The third-order valence-corrected chi connectivity index (χ3v) is 2.42. The maximum Gasteiger partial charge on any atom is 0.340 e. The zero-order chi connectivity index (χ0) is 12.1. The third-order valence-electron chi connectivity index (χ3n) is 2.42. The first-order chi connectivity index (χ1) is 7.61. The van der Waals surface area contributed by atoms with E-state index in [0.717, 1.165) is 12.2 Å². The molecular formula is C12H18N2O2. The van der Waals surface area contributed by atoms with Gasteiger partial charge in [0.2, 0.25) is 0 Å². The van der Waals surface area contributed by atoms with Crippen molar-refractivity contribution in [3.8, 4) is 0 Å². The van der Waals surface area contributed by atoms with Crippen LogP contribution in [0.25, 0.3) is 0 Å². The van der Waals surface area contributed by atoms with Crippen molar-refractivity contribution >= 4 is 17.3 Å². The van der Waals surface area contributed by atoms with Gasteiger partial charge in [-0.1, -0.05) is 6.07 Å². The van der Waals surface area contributed by atoms with Crippen LogP contribution in [-0.2, 0) is 4.74 Å². The van der Waals surface area contributed by atoms with Crippen LogP contribution in [0.3, 0.4) is 0 Å². The highest BCUT2D eigenvalue weighted by Crippen LogP contribution is 2.27. The van der Waals surface area contributed by atoms with E-state index in [-0.39, 0.29) is 5.97 Å². The third kappa shape index (κ3) is 2.45. The van der Waals surface area contributed by atoms with Crippen LogP contribution in [0.5, 0.6) is 0 Å². The van der Waals surface area contributed by atoms with Gasteiger partial charge in [-0.25, -0.2) is 4.79 Å². The molecule has 2 N–H and O–H groups in total. The number of rotatable bonds is 4. The number of anilines is 2. The zero-order valence-electron chi connectivity index (χ0n) is 9.99. The van der Waals surface area contributed by atoms with E-state index < -0.39 is 0 Å². The number of hydrogen-bond donors (Lipinski definition) is 1. The fraction of sp³-hybridized carbons (Fsp3) is 0.417. The van der Waals surface area contributed by atoms with Gasteiger partial charge in [-0.05, 0) is 26.0 Å². The summed E-state index contributed by atoms with van der Waals surface area (Å²) in [4.78, 5) is 13.7. The first-order valence-electron chi connectivity index (χ1n) is 5.38. The number of esters is 1. The molecule has 1 rings (SSSR count). The number of carbonyl (C=O) groups excluding carboxylic acids is 1. The van der Waals surface area contributed by atoms with Crippen LogP contribution in [0.2, 0.25) is 0 Å². The van der Waals surface area contributed by atoms with Gasteiger partial charge in [-0.2, -0.15) is 0 Å². The van der Waals surface area contributed by atoms with E-state index in [1.54, 1.807) is 25.1 Å². The van der Waals surface area contributed by atoms with E-state index in [2.05, 4.69) is 0 Å². The average molecular weight is 222 g/mol. The molecule has 0 fully saturated rings. The minimum Gasteiger partial charge on any atom is -0.462 e. The first kappa shape index (κ1) is 12.4. The molecule has 0 atom stereocenters. The quantitative estimate of drug-likeness (QED) is 0.624. The molecule has 0 aliphatic heterocycles. The van der Waals surface area contributed by atoms with E-state index >= 15 is 0 Å². The Labute approximate surface area is 96.0 Å². The van der Waals surface area contributed by atoms with Crippen LogP contribution in [0.1, 0.15) is 24.2 Å². The Kier molecular flexibility index (Phi) is 4.17. The molecule has 16 heavy (non-hydrogen) atoms. The minimum atomic E-state index is -0.329. The summed E-state index contributed by atoms with van der Waals surface area (Å²) in [5, 5.41) is 0. The Hall–Kier alpha value is -1.71. The van der Waals surface area contributed by atoms with Crippen molar-refractivity contribution < 1.29 is 9.53 Å². The Bertz CT molecular complexity index is 377. The molecule has 88 valence electrons. The molecule has 4 nitrogen and oxygen atoms in total. The number of carbonyl (C=O) groups is 1. The fourth-order valence-corrected chi connectivity index (χ4v) is 1.52. The Balaban J connectivity index is 3.17. The number of ether oxygens (including phenoxy) is 1. The maximum absolute atomic E-state index is 11.7. The number of para-hydroxylation sites is 1. The molecule has 0 saturated heterocycles. The van der Waals surface area contributed by atoms with Crippen LogP contribution in [0.15, 0.2) is 18.2 Å². The first-order valence-corrected chi connectivity index (χ1v) is 5.38. The number of nitrogens with two attached hydrogens (primary N) is 1. The predicted molar refractivity (Wildman–Crippen MR) is 65.8 cm³/mol. The van der Waals surface area contributed by atoms with E-state index in [4.69, 9.17) is 10.5 Å². The smallest absolute Gasteiger partial charge is 0.340 e. The lowest BCUT2D eigenvalue weighted by Gasteiger charge is -2.21. The van der Waals surface area contributed by atoms with Gasteiger partial charge >= 0.3 is 5.97 Å². The number of nitrogen functional groups attached to an aromatic ring is 1. The summed E-state index contributed by atoms with van der Waals surface area (Å²) >= 11 is 0. The molecule has 0 radical (unpaired) electrons. The van der Waals surface area contributed by atoms with E-state index in [1.165, 1.54) is 0 Å². The maximum atomic E-state index is 11.7. The van der Waals surface area contributed by atoms with Crippen molar-refractivity contribution in [1.82, 2.24) is 0 Å². The SMILES string of the molecule is CCOC(=O)c1cccc(N)c1N(C)CC. The molecule has 0 heterocycles. The van der Waals surface area contributed by atoms with Crippen molar-refractivity contribution in [2.75, 3.05) is 30.8 Å². The number of hydrogen-bond acceptors (Lipinski definition) is 4. The second-order valence-corrected chi connectivity index (χ2v) is 3.48. The largest absolute Gasteiger partial charge is 0.462 e. The van der Waals surface area contributed by atoms with Gasteiger partial charge in [0.05, 0.1) is 23.5 Å². The Morgan fingerprint density at radius 1 is 1.44 bits per heavy atom. The molecular weight excluding hydrogens is 204 g/mol. The summed E-state index contributed by atoms with van der Waals surface area (Å²) in [6.45, 7) is 4.93. The van der Waals surface area contributed by atoms with Crippen molar-refractivity contribution in [2.45, 2.75) is 13.8 Å². The van der Waals surface area contributed by atoms with Crippen molar-refractivity contribution in [3.63, 3.8) is 0 Å². The van der Waals surface area contributed by atoms with Crippen LogP contribution >= 0.6 is 0 Å². The lowest BCUT2D eigenvalue weighted by molar-refractivity contribution is 0.0527. The van der Waals surface area contributed by atoms with E-state index in [1.807, 2.05) is 18.9 Å². The van der Waals surface area contributed by atoms with Crippen LogP contribution in [0, 0.1) is 0 Å². The van der Waals surface area contributed by atoms with Gasteiger partial charge in [-0.15, -0.1) is 0 Å². The fourth-order valence-electron chi connectivity index (χ4n) is 1.52. The molecule has 0 amide bonds. The van der Waals surface area contributed by atoms with Gasteiger partial charge in [0.1, 0.15) is 0 Å². The molecule has 1 aromatic rings. The summed E-state index contributed by atoms with van der Waals surface area (Å²) in [5.74, 6) is -0.329. The molecule has 0 aliphatic carbocycles. The molecule has 0 aliphatic rings. The summed E-state index contributed by atoms with van der Waals surface area (Å²) in [5.41, 5.74) is 7.73. The molecule has 0 saturated carbocycles. The summed E-state index contributed by atoms with van der Waals surface area (Å²) in [6.07, 6.45) is 0. The van der Waals surface area contributed by atoms with Gasteiger partial charge in [-0.3, -0.25) is 0 Å². The average Bonchev–Trinajstić information content (AvgIpc) is 2.28. The molecule has 4 heteroatoms. The van der Waals surface area contributed by atoms with Gasteiger partial charge in [0.25, 0.3) is 0 Å². The standard InChI is InChI=1S/C12H18N2O2/c1-4-14(3)11-9(12(15)16-5-2)7-6-8-10(11)13/h6-8H,4-5,13H2,1-3H3. The van der Waals surface area contributed by atoms with E-state index in [9.17, 15) is 4.79 Å². The molecule has 0 unspecified atom stereocenters. The topological polar surface area (TPSA) is 55.6 Å². The highest BCUT2D eigenvalue weighted by atomic mass is 16.5. The minimum absolute atomic E-state index is 0.329. The number of nitrogens with zero attached hydrogens (tertiary/aromatic N) is 1. The molecule has 0 aromatic heterocycles. The lowest BCUT2D eigenvalue weighted by atomic mass is 10.1. The Morgan fingerprint density at radius 2 is 2.12 bits per heavy atom.